The van der Waals surface area contributed by atoms with E-state index < -0.39 is 0 Å². The summed E-state index contributed by atoms with van der Waals surface area (Å²) in [5, 5.41) is 7.26. The molecule has 0 amide bonds. The van der Waals surface area contributed by atoms with Gasteiger partial charge in [-0.2, -0.15) is 0 Å². The van der Waals surface area contributed by atoms with Crippen LogP contribution in [0, 0.1) is 0 Å². The van der Waals surface area contributed by atoms with Crippen molar-refractivity contribution in [3.63, 3.8) is 0 Å². The lowest BCUT2D eigenvalue weighted by Gasteiger charge is -2.34. The molecule has 0 saturated carbocycles. The molecule has 0 spiro atoms. The minimum absolute atomic E-state index is 0.575. The number of likely N-dealkylation sites (tertiary alicyclic amines) is 1. The highest BCUT2D eigenvalue weighted by Crippen LogP contribution is 2.30. The molecule has 3 aliphatic heterocycles. The van der Waals surface area contributed by atoms with E-state index in [0.717, 1.165) is 19.1 Å². The van der Waals surface area contributed by atoms with Crippen molar-refractivity contribution in [3.05, 3.63) is 136 Å². The lowest BCUT2D eigenvalue weighted by molar-refractivity contribution is 0.227. The summed E-state index contributed by atoms with van der Waals surface area (Å²) in [4.78, 5) is 7.52. The Bertz CT molecular complexity index is 1810. The molecule has 4 aromatic carbocycles. The molecular weight excluding hydrogens is 863 g/mol. The number of nitrogens with one attached hydrogen (secondary N) is 2. The summed E-state index contributed by atoms with van der Waals surface area (Å²) in [7, 11) is 0. The van der Waals surface area contributed by atoms with E-state index in [2.05, 4.69) is 192 Å². The Labute approximate surface area is 442 Å². The molecule has 404 valence electrons. The van der Waals surface area contributed by atoms with E-state index in [9.17, 15) is 0 Å². The highest BCUT2D eigenvalue weighted by molar-refractivity contribution is 5.56. The smallest absolute Gasteiger partial charge is 0.0401 e. The number of rotatable bonds is 7. The Morgan fingerprint density at radius 2 is 0.845 bits per heavy atom. The first-order valence-corrected chi connectivity index (χ1v) is 29.5. The molecule has 2 atom stereocenters. The van der Waals surface area contributed by atoms with Crippen LogP contribution in [0.1, 0.15) is 222 Å². The Balaban J connectivity index is 0.000000831. The normalized spacial score (nSPS) is 17.1. The topological polar surface area (TPSA) is 33.8 Å². The highest BCUT2D eigenvalue weighted by atomic mass is 15.2. The number of hydrogen-bond donors (Lipinski definition) is 2. The highest BCUT2D eigenvalue weighted by Gasteiger charge is 2.22. The molecule has 2 N–H and O–H groups in total. The standard InChI is InChI=1S/2C13H19N.C12H17N.C11H15N.C7H15N.5C2H6/c1-10(2)14-13-9-5-7-11-6-3-4-8-12(11)13;1-10(2)14-13-8-7-11-5-3-4-6-12(11)9-13;1-10(2)13-9-5-7-11-6-3-4-8-12(11)13;1-9(2)12-7-10-5-3-4-6-11(10)8-12;1-7(2)8-5-3-4-6-8;5*1-2/h3-4,6,8,10,13-14H,5,7,9H2,1-2H3;3-6,10,13-14H,7-9H2,1-2H3;3-4,6,8,10H,5,7,9H2,1-2H3;3-6,9H,7-8H2,1-2H3;7H,3-6H2,1-2H3;5*1-2H3. The molecule has 2 aliphatic carbocycles. The lowest BCUT2D eigenvalue weighted by atomic mass is 9.87. The van der Waals surface area contributed by atoms with Crippen molar-refractivity contribution in [2.45, 2.75) is 258 Å². The first kappa shape index (κ1) is 67.5. The number of hydrogen-bond acceptors (Lipinski definition) is 5. The van der Waals surface area contributed by atoms with E-state index in [1.165, 1.54) is 123 Å². The van der Waals surface area contributed by atoms with Crippen molar-refractivity contribution >= 4 is 5.69 Å². The molecule has 0 bridgehead atoms. The van der Waals surface area contributed by atoms with Gasteiger partial charge in [0, 0.05) is 67.6 Å². The molecule has 71 heavy (non-hydrogen) atoms. The molecule has 9 rings (SSSR count). The number of aryl methyl sites for hydroxylation is 3. The molecule has 0 radical (unpaired) electrons. The summed E-state index contributed by atoms with van der Waals surface area (Å²) in [5.41, 5.74) is 12.1. The summed E-state index contributed by atoms with van der Waals surface area (Å²) in [6.07, 6.45) is 13.0. The Morgan fingerprint density at radius 3 is 1.34 bits per heavy atom. The predicted octanol–water partition coefficient (Wildman–Crippen LogP) is 17.5. The predicted molar refractivity (Wildman–Crippen MR) is 322 cm³/mol. The maximum absolute atomic E-state index is 3.64. The zero-order valence-electron chi connectivity index (χ0n) is 50.2. The first-order chi connectivity index (χ1) is 34.4. The van der Waals surface area contributed by atoms with Gasteiger partial charge < -0.3 is 20.4 Å². The Morgan fingerprint density at radius 1 is 0.394 bits per heavy atom. The molecule has 3 heterocycles. The van der Waals surface area contributed by atoms with Crippen molar-refractivity contribution in [1.29, 1.82) is 0 Å². The van der Waals surface area contributed by atoms with Gasteiger partial charge in [0.1, 0.15) is 0 Å². The average molecular weight is 979 g/mol. The van der Waals surface area contributed by atoms with E-state index in [0.29, 0.717) is 36.3 Å². The van der Waals surface area contributed by atoms with Crippen molar-refractivity contribution in [2.75, 3.05) is 24.5 Å². The number of para-hydroxylation sites is 1. The van der Waals surface area contributed by atoms with Crippen molar-refractivity contribution < 1.29 is 0 Å². The molecule has 0 aromatic heterocycles. The third kappa shape index (κ3) is 25.3. The summed E-state index contributed by atoms with van der Waals surface area (Å²) in [6.45, 7) is 48.6. The van der Waals surface area contributed by atoms with Gasteiger partial charge in [0.05, 0.1) is 0 Å². The molecular formula is C66H115N5. The van der Waals surface area contributed by atoms with Gasteiger partial charge in [0.15, 0.2) is 0 Å². The number of fused-ring (bicyclic) bond motifs is 4. The molecule has 5 nitrogen and oxygen atoms in total. The van der Waals surface area contributed by atoms with Crippen LogP contribution < -0.4 is 15.5 Å². The maximum Gasteiger partial charge on any atom is 0.0401 e. The van der Waals surface area contributed by atoms with Gasteiger partial charge in [0.25, 0.3) is 0 Å². The van der Waals surface area contributed by atoms with Crippen LogP contribution in [0.25, 0.3) is 0 Å². The second kappa shape index (κ2) is 40.9. The Kier molecular flexibility index (Phi) is 38.9. The minimum atomic E-state index is 0.575. The fourth-order valence-corrected chi connectivity index (χ4v) is 9.72. The van der Waals surface area contributed by atoms with Gasteiger partial charge in [-0.1, -0.05) is 188 Å². The fraction of sp³-hybridized carbons (Fsp3) is 0.636. The quantitative estimate of drug-likeness (QED) is 0.193. The monoisotopic (exact) mass is 978 g/mol. The third-order valence-corrected chi connectivity index (χ3v) is 13.1. The summed E-state index contributed by atoms with van der Waals surface area (Å²) >= 11 is 0. The van der Waals surface area contributed by atoms with Crippen LogP contribution in [0.3, 0.4) is 0 Å². The number of anilines is 1. The van der Waals surface area contributed by atoms with Crippen LogP contribution in [0.5, 0.6) is 0 Å². The van der Waals surface area contributed by atoms with Gasteiger partial charge in [-0.25, -0.2) is 0 Å². The van der Waals surface area contributed by atoms with E-state index in [1.54, 1.807) is 5.56 Å². The molecule has 5 heteroatoms. The largest absolute Gasteiger partial charge is 0.369 e. The zero-order chi connectivity index (χ0) is 53.7. The summed E-state index contributed by atoms with van der Waals surface area (Å²) in [6, 6.07) is 39.7. The van der Waals surface area contributed by atoms with Crippen LogP contribution >= 0.6 is 0 Å². The van der Waals surface area contributed by atoms with E-state index in [4.69, 9.17) is 0 Å². The van der Waals surface area contributed by atoms with Gasteiger partial charge >= 0.3 is 0 Å². The molecule has 5 aliphatic rings. The second-order valence-electron chi connectivity index (χ2n) is 19.6. The zero-order valence-corrected chi connectivity index (χ0v) is 50.2. The van der Waals surface area contributed by atoms with Crippen LogP contribution in [0.2, 0.25) is 0 Å². The first-order valence-electron chi connectivity index (χ1n) is 29.5. The van der Waals surface area contributed by atoms with Gasteiger partial charge in [0.2, 0.25) is 0 Å². The van der Waals surface area contributed by atoms with Crippen LogP contribution in [0.4, 0.5) is 5.69 Å². The molecule has 1 saturated heterocycles. The van der Waals surface area contributed by atoms with Crippen molar-refractivity contribution in [1.82, 2.24) is 20.4 Å². The van der Waals surface area contributed by atoms with E-state index >= 15 is 0 Å². The fourth-order valence-electron chi connectivity index (χ4n) is 9.72. The lowest BCUT2D eigenvalue weighted by Crippen LogP contribution is -2.38. The van der Waals surface area contributed by atoms with Crippen LogP contribution in [0.15, 0.2) is 97.1 Å². The average Bonchev–Trinajstić information content (AvgIpc) is 4.12. The van der Waals surface area contributed by atoms with Gasteiger partial charge in [-0.15, -0.1) is 0 Å². The van der Waals surface area contributed by atoms with Gasteiger partial charge in [-0.05, 0) is 164 Å². The third-order valence-electron chi connectivity index (χ3n) is 13.1. The molecule has 1 fully saturated rings. The minimum Gasteiger partial charge on any atom is -0.369 e. The second-order valence-corrected chi connectivity index (χ2v) is 19.6. The number of benzene rings is 4. The van der Waals surface area contributed by atoms with E-state index in [1.807, 2.05) is 69.2 Å². The van der Waals surface area contributed by atoms with Crippen molar-refractivity contribution in [3.8, 4) is 0 Å². The SMILES string of the molecule is CC.CC.CC.CC.CC.CC(C)N1CCCC1.CC(C)N1CCCc2ccccc21.CC(C)N1Cc2ccccc2C1.CC(C)NC1CCCc2ccccc21.CC(C)NC1CCc2ccccc2C1. The van der Waals surface area contributed by atoms with Crippen molar-refractivity contribution in [2.24, 2.45) is 0 Å². The maximum atomic E-state index is 3.64. The summed E-state index contributed by atoms with van der Waals surface area (Å²) in [5.74, 6) is 0. The van der Waals surface area contributed by atoms with Gasteiger partial charge in [-0.3, -0.25) is 4.90 Å². The van der Waals surface area contributed by atoms with E-state index in [-0.39, 0.29) is 0 Å². The molecule has 4 aromatic rings. The van der Waals surface area contributed by atoms with Crippen LogP contribution in [-0.4, -0.2) is 65.7 Å². The van der Waals surface area contributed by atoms with Crippen LogP contribution in [-0.2, 0) is 38.8 Å². The summed E-state index contributed by atoms with van der Waals surface area (Å²) < 4.78 is 0. The Hall–Kier alpha value is -3.48. The molecule has 2 unspecified atom stereocenters. The number of nitrogens with zero attached hydrogens (tertiary/aromatic N) is 3.